The van der Waals surface area contributed by atoms with Crippen LogP contribution in [0.15, 0.2) is 0 Å². The van der Waals surface area contributed by atoms with Crippen LogP contribution in [-0.2, 0) is 9.59 Å². The van der Waals surface area contributed by atoms with Gasteiger partial charge in [-0.15, -0.1) is 0 Å². The fourth-order valence-corrected chi connectivity index (χ4v) is 2.70. The first-order valence-corrected chi connectivity index (χ1v) is 6.81. The second-order valence-corrected chi connectivity index (χ2v) is 5.51. The van der Waals surface area contributed by atoms with Crippen LogP contribution in [0, 0.1) is 11.8 Å². The lowest BCUT2D eigenvalue weighted by Crippen LogP contribution is -2.34. The van der Waals surface area contributed by atoms with Crippen LogP contribution in [0.5, 0.6) is 0 Å². The fraction of sp³-hybridized carbons (Fsp3) is 0.857. The van der Waals surface area contributed by atoms with Gasteiger partial charge in [-0.3, -0.25) is 9.59 Å². The zero-order valence-corrected chi connectivity index (χ0v) is 11.3. The van der Waals surface area contributed by atoms with Crippen LogP contribution in [0.3, 0.4) is 0 Å². The summed E-state index contributed by atoms with van der Waals surface area (Å²) in [5.41, 5.74) is 0. The Morgan fingerprint density at radius 3 is 2.00 bits per heavy atom. The first-order valence-electron chi connectivity index (χ1n) is 6.81. The molecule has 1 saturated carbocycles. The maximum atomic E-state index is 12.0. The first-order chi connectivity index (χ1) is 8.00. The number of amides is 1. The van der Waals surface area contributed by atoms with E-state index in [0.29, 0.717) is 11.8 Å². The molecule has 0 spiro atoms. The fourth-order valence-electron chi connectivity index (χ4n) is 2.70. The summed E-state index contributed by atoms with van der Waals surface area (Å²) in [5.74, 6) is 0.896. The molecular formula is C14H25NO2. The molecule has 1 aliphatic carbocycles. The van der Waals surface area contributed by atoms with E-state index in [1.54, 1.807) is 6.92 Å². The molecule has 1 fully saturated rings. The van der Waals surface area contributed by atoms with Gasteiger partial charge < -0.3 is 5.32 Å². The SMILES string of the molecule is CC(=O)NC1CCCC(C(=O)C(C)C)CCC1. The summed E-state index contributed by atoms with van der Waals surface area (Å²) in [5, 5.41) is 2.99. The van der Waals surface area contributed by atoms with Gasteiger partial charge >= 0.3 is 0 Å². The predicted molar refractivity (Wildman–Crippen MR) is 68.6 cm³/mol. The van der Waals surface area contributed by atoms with Crippen molar-refractivity contribution in [3.8, 4) is 0 Å². The van der Waals surface area contributed by atoms with Gasteiger partial charge in [0.1, 0.15) is 5.78 Å². The summed E-state index contributed by atoms with van der Waals surface area (Å²) < 4.78 is 0. The Bertz CT molecular complexity index is 263. The van der Waals surface area contributed by atoms with Crippen LogP contribution in [-0.4, -0.2) is 17.7 Å². The minimum atomic E-state index is 0.0605. The number of rotatable bonds is 3. The van der Waals surface area contributed by atoms with Crippen molar-refractivity contribution in [2.24, 2.45) is 11.8 Å². The smallest absolute Gasteiger partial charge is 0.217 e. The molecule has 0 saturated heterocycles. The van der Waals surface area contributed by atoms with Crippen LogP contribution in [0.1, 0.15) is 59.3 Å². The third-order valence-electron chi connectivity index (χ3n) is 3.59. The van der Waals surface area contributed by atoms with Gasteiger partial charge in [0.05, 0.1) is 0 Å². The molecule has 0 bridgehead atoms. The lowest BCUT2D eigenvalue weighted by molar-refractivity contribution is -0.126. The van der Waals surface area contributed by atoms with Crippen LogP contribution in [0.2, 0.25) is 0 Å². The summed E-state index contributed by atoms with van der Waals surface area (Å²) in [6, 6.07) is 0.322. The zero-order chi connectivity index (χ0) is 12.8. The molecule has 0 aromatic rings. The van der Waals surface area contributed by atoms with Crippen molar-refractivity contribution in [2.75, 3.05) is 0 Å². The second kappa shape index (κ2) is 6.77. The number of hydrogen-bond donors (Lipinski definition) is 1. The summed E-state index contributed by atoms with van der Waals surface area (Å²) in [7, 11) is 0. The number of Topliss-reactive ketones (excluding diaryl/α,β-unsaturated/α-hetero) is 1. The Balaban J connectivity index is 2.41. The summed E-state index contributed by atoms with van der Waals surface area (Å²) >= 11 is 0. The van der Waals surface area contributed by atoms with E-state index in [4.69, 9.17) is 0 Å². The van der Waals surface area contributed by atoms with E-state index in [1.807, 2.05) is 13.8 Å². The van der Waals surface area contributed by atoms with Crippen molar-refractivity contribution in [2.45, 2.75) is 65.3 Å². The standard InChI is InChI=1S/C14H25NO2/c1-10(2)14(17)12-6-4-8-13(9-5-7-12)15-11(3)16/h10,12-13H,4-9H2,1-3H3,(H,15,16). The van der Waals surface area contributed by atoms with Crippen molar-refractivity contribution >= 4 is 11.7 Å². The molecule has 1 N–H and O–H groups in total. The van der Waals surface area contributed by atoms with Gasteiger partial charge in [0.25, 0.3) is 0 Å². The average Bonchev–Trinajstić information content (AvgIpc) is 2.20. The van der Waals surface area contributed by atoms with E-state index in [0.717, 1.165) is 38.5 Å². The van der Waals surface area contributed by atoms with Crippen LogP contribution >= 0.6 is 0 Å². The Kier molecular flexibility index (Phi) is 5.66. The molecule has 0 heterocycles. The van der Waals surface area contributed by atoms with Gasteiger partial charge in [-0.1, -0.05) is 26.7 Å². The average molecular weight is 239 g/mol. The number of nitrogens with one attached hydrogen (secondary N) is 1. The van der Waals surface area contributed by atoms with Crippen molar-refractivity contribution in [1.29, 1.82) is 0 Å². The summed E-state index contributed by atoms with van der Waals surface area (Å²) in [6.07, 6.45) is 6.12. The number of hydrogen-bond acceptors (Lipinski definition) is 2. The molecule has 3 nitrogen and oxygen atoms in total. The van der Waals surface area contributed by atoms with E-state index >= 15 is 0 Å². The number of carbonyl (C=O) groups excluding carboxylic acids is 2. The highest BCUT2D eigenvalue weighted by Crippen LogP contribution is 2.25. The molecular weight excluding hydrogens is 214 g/mol. The molecule has 0 aromatic heterocycles. The molecule has 1 amide bonds. The van der Waals surface area contributed by atoms with Gasteiger partial charge in [-0.05, 0) is 25.7 Å². The second-order valence-electron chi connectivity index (χ2n) is 5.51. The first kappa shape index (κ1) is 14.2. The Morgan fingerprint density at radius 2 is 1.59 bits per heavy atom. The number of carbonyl (C=O) groups is 2. The third kappa shape index (κ3) is 4.88. The molecule has 3 heteroatoms. The highest BCUT2D eigenvalue weighted by atomic mass is 16.1. The van der Waals surface area contributed by atoms with E-state index in [9.17, 15) is 9.59 Å². The van der Waals surface area contributed by atoms with Gasteiger partial charge in [0.15, 0.2) is 0 Å². The zero-order valence-electron chi connectivity index (χ0n) is 11.3. The van der Waals surface area contributed by atoms with Crippen molar-refractivity contribution in [1.82, 2.24) is 5.32 Å². The maximum Gasteiger partial charge on any atom is 0.217 e. The monoisotopic (exact) mass is 239 g/mol. The topological polar surface area (TPSA) is 46.2 Å². The molecule has 17 heavy (non-hydrogen) atoms. The largest absolute Gasteiger partial charge is 0.354 e. The van der Waals surface area contributed by atoms with Crippen LogP contribution < -0.4 is 5.32 Å². The summed E-state index contributed by atoms with van der Waals surface area (Å²) in [4.78, 5) is 23.0. The van der Waals surface area contributed by atoms with Crippen molar-refractivity contribution < 1.29 is 9.59 Å². The minimum Gasteiger partial charge on any atom is -0.354 e. The molecule has 98 valence electrons. The van der Waals surface area contributed by atoms with Gasteiger partial charge in [0, 0.05) is 24.8 Å². The van der Waals surface area contributed by atoms with Gasteiger partial charge in [0.2, 0.25) is 5.91 Å². The van der Waals surface area contributed by atoms with Gasteiger partial charge in [-0.25, -0.2) is 0 Å². The highest BCUT2D eigenvalue weighted by Gasteiger charge is 2.23. The lowest BCUT2D eigenvalue weighted by atomic mass is 9.83. The van der Waals surface area contributed by atoms with E-state index < -0.39 is 0 Å². The normalized spacial score (nSPS) is 26.1. The molecule has 0 aromatic carbocycles. The predicted octanol–water partition coefficient (Wildman–Crippen LogP) is 2.69. The Morgan fingerprint density at radius 1 is 1.06 bits per heavy atom. The van der Waals surface area contributed by atoms with E-state index in [2.05, 4.69) is 5.32 Å². The van der Waals surface area contributed by atoms with E-state index in [1.165, 1.54) is 0 Å². The lowest BCUT2D eigenvalue weighted by Gasteiger charge is -2.25. The maximum absolute atomic E-state index is 12.0. The third-order valence-corrected chi connectivity index (χ3v) is 3.59. The highest BCUT2D eigenvalue weighted by molar-refractivity contribution is 5.82. The quantitative estimate of drug-likeness (QED) is 0.823. The van der Waals surface area contributed by atoms with Crippen LogP contribution in [0.4, 0.5) is 0 Å². The van der Waals surface area contributed by atoms with Gasteiger partial charge in [-0.2, -0.15) is 0 Å². The molecule has 0 radical (unpaired) electrons. The Labute approximate surface area is 104 Å². The minimum absolute atomic E-state index is 0.0605. The van der Waals surface area contributed by atoms with E-state index in [-0.39, 0.29) is 17.7 Å². The number of ketones is 1. The Hall–Kier alpha value is -0.860. The molecule has 0 unspecified atom stereocenters. The van der Waals surface area contributed by atoms with Crippen LogP contribution in [0.25, 0.3) is 0 Å². The molecule has 0 atom stereocenters. The molecule has 1 rings (SSSR count). The summed E-state index contributed by atoms with van der Waals surface area (Å²) in [6.45, 7) is 5.55. The van der Waals surface area contributed by atoms with Crippen molar-refractivity contribution in [3.63, 3.8) is 0 Å². The van der Waals surface area contributed by atoms with Crippen molar-refractivity contribution in [3.05, 3.63) is 0 Å². The molecule has 0 aliphatic heterocycles. The molecule has 1 aliphatic rings.